The third-order valence-electron chi connectivity index (χ3n) is 3.09. The Morgan fingerprint density at radius 3 is 2.78 bits per heavy atom. The van der Waals surface area contributed by atoms with Gasteiger partial charge in [0, 0.05) is 7.05 Å². The Morgan fingerprint density at radius 1 is 1.33 bits per heavy atom. The Bertz CT molecular complexity index is 506. The van der Waals surface area contributed by atoms with E-state index in [1.54, 1.807) is 13.4 Å². The lowest BCUT2D eigenvalue weighted by atomic mass is 10.1. The standard InChI is InChI=1S/C12H19N5O/c1-4-8(5-2)6-18-11-9-10(15-7-14-9)16-12(13-3)17-11/h7-8H,4-6H2,1-3H3,(H2,13,14,15,16,17). The lowest BCUT2D eigenvalue weighted by Crippen LogP contribution is -2.12. The van der Waals surface area contributed by atoms with Gasteiger partial charge in [0.1, 0.15) is 5.52 Å². The topological polar surface area (TPSA) is 75.7 Å². The Morgan fingerprint density at radius 2 is 2.11 bits per heavy atom. The van der Waals surface area contributed by atoms with Gasteiger partial charge in [-0.3, -0.25) is 0 Å². The number of rotatable bonds is 6. The molecular formula is C12H19N5O. The monoisotopic (exact) mass is 249 g/mol. The summed E-state index contributed by atoms with van der Waals surface area (Å²) in [6.45, 7) is 5.01. The summed E-state index contributed by atoms with van der Waals surface area (Å²) in [6.07, 6.45) is 3.81. The van der Waals surface area contributed by atoms with E-state index in [4.69, 9.17) is 4.74 Å². The minimum Gasteiger partial charge on any atom is -0.476 e. The van der Waals surface area contributed by atoms with E-state index in [9.17, 15) is 0 Å². The first-order valence-corrected chi connectivity index (χ1v) is 6.30. The van der Waals surface area contributed by atoms with Crippen molar-refractivity contribution in [2.45, 2.75) is 26.7 Å². The van der Waals surface area contributed by atoms with E-state index in [1.165, 1.54) is 0 Å². The maximum atomic E-state index is 5.80. The molecule has 2 aromatic heterocycles. The number of H-pyrrole nitrogens is 1. The van der Waals surface area contributed by atoms with E-state index < -0.39 is 0 Å². The smallest absolute Gasteiger partial charge is 0.245 e. The van der Waals surface area contributed by atoms with Crippen molar-refractivity contribution in [3.05, 3.63) is 6.33 Å². The first-order valence-electron chi connectivity index (χ1n) is 6.30. The van der Waals surface area contributed by atoms with Crippen LogP contribution in [0.1, 0.15) is 26.7 Å². The minimum atomic E-state index is 0.522. The molecule has 98 valence electrons. The van der Waals surface area contributed by atoms with Gasteiger partial charge in [-0.1, -0.05) is 26.7 Å². The van der Waals surface area contributed by atoms with Gasteiger partial charge in [-0.25, -0.2) is 4.98 Å². The fourth-order valence-corrected chi connectivity index (χ4v) is 1.74. The molecule has 6 nitrogen and oxygen atoms in total. The van der Waals surface area contributed by atoms with E-state index in [0.29, 0.717) is 30.0 Å². The lowest BCUT2D eigenvalue weighted by molar-refractivity contribution is 0.235. The molecule has 0 amide bonds. The molecule has 0 atom stereocenters. The van der Waals surface area contributed by atoms with Gasteiger partial charge in [0.05, 0.1) is 12.9 Å². The molecule has 0 aromatic carbocycles. The number of anilines is 1. The molecule has 0 aliphatic carbocycles. The average molecular weight is 249 g/mol. The molecular weight excluding hydrogens is 230 g/mol. The van der Waals surface area contributed by atoms with Gasteiger partial charge in [-0.15, -0.1) is 0 Å². The number of nitrogens with one attached hydrogen (secondary N) is 2. The van der Waals surface area contributed by atoms with Crippen molar-refractivity contribution in [2.75, 3.05) is 19.0 Å². The number of imidazole rings is 1. The van der Waals surface area contributed by atoms with Gasteiger partial charge in [-0.2, -0.15) is 9.97 Å². The van der Waals surface area contributed by atoms with Gasteiger partial charge in [-0.05, 0) is 5.92 Å². The van der Waals surface area contributed by atoms with Crippen molar-refractivity contribution in [1.29, 1.82) is 0 Å². The molecule has 0 fully saturated rings. The third kappa shape index (κ3) is 2.52. The summed E-state index contributed by atoms with van der Waals surface area (Å²) in [5.41, 5.74) is 1.37. The zero-order valence-electron chi connectivity index (χ0n) is 11.0. The highest BCUT2D eigenvalue weighted by atomic mass is 16.5. The second kappa shape index (κ2) is 5.66. The number of aromatic nitrogens is 4. The largest absolute Gasteiger partial charge is 0.476 e. The number of ether oxygens (including phenoxy) is 1. The molecule has 0 radical (unpaired) electrons. The fourth-order valence-electron chi connectivity index (χ4n) is 1.74. The second-order valence-corrected chi connectivity index (χ2v) is 4.20. The highest BCUT2D eigenvalue weighted by molar-refractivity contribution is 5.76. The van der Waals surface area contributed by atoms with Crippen LogP contribution >= 0.6 is 0 Å². The molecule has 2 heterocycles. The van der Waals surface area contributed by atoms with E-state index in [-0.39, 0.29) is 0 Å². The molecule has 0 spiro atoms. The molecule has 0 saturated heterocycles. The van der Waals surface area contributed by atoms with Crippen molar-refractivity contribution in [2.24, 2.45) is 5.92 Å². The molecule has 2 aromatic rings. The molecule has 0 aliphatic heterocycles. The maximum Gasteiger partial charge on any atom is 0.245 e. The van der Waals surface area contributed by atoms with E-state index >= 15 is 0 Å². The van der Waals surface area contributed by atoms with Crippen LogP contribution < -0.4 is 10.1 Å². The summed E-state index contributed by atoms with van der Waals surface area (Å²) in [5, 5.41) is 2.91. The van der Waals surface area contributed by atoms with Crippen molar-refractivity contribution < 1.29 is 4.74 Å². The zero-order valence-corrected chi connectivity index (χ0v) is 11.0. The molecule has 2 rings (SSSR count). The van der Waals surface area contributed by atoms with Crippen molar-refractivity contribution in [1.82, 2.24) is 19.9 Å². The van der Waals surface area contributed by atoms with Gasteiger partial charge in [0.25, 0.3) is 0 Å². The summed E-state index contributed by atoms with van der Waals surface area (Å²) in [7, 11) is 1.78. The average Bonchev–Trinajstić information content (AvgIpc) is 2.87. The summed E-state index contributed by atoms with van der Waals surface area (Å²) < 4.78 is 5.80. The summed E-state index contributed by atoms with van der Waals surface area (Å²) in [5.74, 6) is 1.64. The quantitative estimate of drug-likeness (QED) is 0.821. The third-order valence-corrected chi connectivity index (χ3v) is 3.09. The number of nitrogens with zero attached hydrogens (tertiary/aromatic N) is 3. The fraction of sp³-hybridized carbons (Fsp3) is 0.583. The maximum absolute atomic E-state index is 5.80. The number of aromatic amines is 1. The molecule has 0 saturated carbocycles. The van der Waals surface area contributed by atoms with Crippen LogP contribution in [0.15, 0.2) is 6.33 Å². The molecule has 18 heavy (non-hydrogen) atoms. The van der Waals surface area contributed by atoms with Crippen LogP contribution in [0.25, 0.3) is 11.2 Å². The molecule has 6 heteroatoms. The van der Waals surface area contributed by atoms with Crippen LogP contribution in [0.3, 0.4) is 0 Å². The SMILES string of the molecule is CCC(CC)COc1nc(NC)nc2nc[nH]c12. The van der Waals surface area contributed by atoms with Crippen LogP contribution in [0.2, 0.25) is 0 Å². The summed E-state index contributed by atoms with van der Waals surface area (Å²) in [6, 6.07) is 0. The molecule has 0 aliphatic rings. The zero-order chi connectivity index (χ0) is 13.0. The second-order valence-electron chi connectivity index (χ2n) is 4.20. The molecule has 0 bridgehead atoms. The summed E-state index contributed by atoms with van der Waals surface area (Å²) in [4.78, 5) is 15.7. The van der Waals surface area contributed by atoms with Crippen LogP contribution in [0.4, 0.5) is 5.95 Å². The molecule has 2 N–H and O–H groups in total. The van der Waals surface area contributed by atoms with Gasteiger partial charge in [0.2, 0.25) is 11.8 Å². The predicted octanol–water partition coefficient (Wildman–Crippen LogP) is 2.21. The Labute approximate surface area is 106 Å². The van der Waals surface area contributed by atoms with Crippen LogP contribution in [-0.2, 0) is 0 Å². The Kier molecular flexibility index (Phi) is 3.96. The van der Waals surface area contributed by atoms with Crippen molar-refractivity contribution in [3.63, 3.8) is 0 Å². The van der Waals surface area contributed by atoms with Crippen LogP contribution in [-0.4, -0.2) is 33.6 Å². The number of hydrogen-bond acceptors (Lipinski definition) is 5. The van der Waals surface area contributed by atoms with E-state index in [0.717, 1.165) is 18.4 Å². The predicted molar refractivity (Wildman–Crippen MR) is 70.8 cm³/mol. The van der Waals surface area contributed by atoms with Crippen LogP contribution in [0, 0.1) is 5.92 Å². The summed E-state index contributed by atoms with van der Waals surface area (Å²) >= 11 is 0. The van der Waals surface area contributed by atoms with Crippen molar-refractivity contribution >= 4 is 17.1 Å². The minimum absolute atomic E-state index is 0.522. The van der Waals surface area contributed by atoms with E-state index in [1.807, 2.05) is 0 Å². The first kappa shape index (κ1) is 12.6. The van der Waals surface area contributed by atoms with Crippen molar-refractivity contribution in [3.8, 4) is 5.88 Å². The Balaban J connectivity index is 2.22. The van der Waals surface area contributed by atoms with Gasteiger partial charge >= 0.3 is 0 Å². The van der Waals surface area contributed by atoms with E-state index in [2.05, 4.69) is 39.1 Å². The van der Waals surface area contributed by atoms with Gasteiger partial charge < -0.3 is 15.0 Å². The number of fused-ring (bicyclic) bond motifs is 1. The highest BCUT2D eigenvalue weighted by Crippen LogP contribution is 2.21. The Hall–Kier alpha value is -1.85. The van der Waals surface area contributed by atoms with Gasteiger partial charge in [0.15, 0.2) is 5.65 Å². The highest BCUT2D eigenvalue weighted by Gasteiger charge is 2.12. The number of hydrogen-bond donors (Lipinski definition) is 2. The lowest BCUT2D eigenvalue weighted by Gasteiger charge is -2.13. The molecule has 0 unspecified atom stereocenters. The first-order chi connectivity index (χ1) is 8.78. The normalized spacial score (nSPS) is 11.1. The van der Waals surface area contributed by atoms with Crippen LogP contribution in [0.5, 0.6) is 5.88 Å².